The SMILES string of the molecule is Cc1cc(CN(C)C2CCNCC2)no1.Cl. The van der Waals surface area contributed by atoms with E-state index in [0.717, 1.165) is 31.1 Å². The highest BCUT2D eigenvalue weighted by molar-refractivity contribution is 5.85. The largest absolute Gasteiger partial charge is 0.361 e. The molecule has 2 heterocycles. The Labute approximate surface area is 103 Å². The van der Waals surface area contributed by atoms with E-state index in [1.54, 1.807) is 0 Å². The van der Waals surface area contributed by atoms with Crippen LogP contribution in [0.4, 0.5) is 0 Å². The Morgan fingerprint density at radius 2 is 2.19 bits per heavy atom. The molecule has 1 saturated heterocycles. The van der Waals surface area contributed by atoms with Crippen molar-refractivity contribution in [3.8, 4) is 0 Å². The van der Waals surface area contributed by atoms with Crippen LogP contribution in [0.1, 0.15) is 24.3 Å². The van der Waals surface area contributed by atoms with Crippen molar-refractivity contribution >= 4 is 12.4 Å². The summed E-state index contributed by atoms with van der Waals surface area (Å²) in [6, 6.07) is 2.70. The van der Waals surface area contributed by atoms with E-state index in [1.165, 1.54) is 12.8 Å². The van der Waals surface area contributed by atoms with Gasteiger partial charge in [-0.25, -0.2) is 0 Å². The summed E-state index contributed by atoms with van der Waals surface area (Å²) in [5.41, 5.74) is 1.04. The number of hydrogen-bond acceptors (Lipinski definition) is 4. The minimum absolute atomic E-state index is 0. The molecule has 1 aliphatic heterocycles. The van der Waals surface area contributed by atoms with Crippen molar-refractivity contribution in [2.24, 2.45) is 0 Å². The third-order valence-corrected chi connectivity index (χ3v) is 3.02. The smallest absolute Gasteiger partial charge is 0.133 e. The quantitative estimate of drug-likeness (QED) is 0.878. The molecular weight excluding hydrogens is 226 g/mol. The average molecular weight is 246 g/mol. The van der Waals surface area contributed by atoms with E-state index in [-0.39, 0.29) is 12.4 Å². The van der Waals surface area contributed by atoms with Gasteiger partial charge in [0.15, 0.2) is 0 Å². The molecule has 0 aliphatic carbocycles. The lowest BCUT2D eigenvalue weighted by Gasteiger charge is -2.30. The number of nitrogens with zero attached hydrogens (tertiary/aromatic N) is 2. The first-order chi connectivity index (χ1) is 7.25. The Bertz CT molecular complexity index is 310. The highest BCUT2D eigenvalue weighted by Gasteiger charge is 2.18. The predicted octanol–water partition coefficient (Wildman–Crippen LogP) is 1.59. The van der Waals surface area contributed by atoms with Crippen LogP contribution < -0.4 is 5.32 Å². The summed E-state index contributed by atoms with van der Waals surface area (Å²) < 4.78 is 5.06. The van der Waals surface area contributed by atoms with Crippen LogP contribution in [-0.2, 0) is 6.54 Å². The van der Waals surface area contributed by atoms with E-state index in [4.69, 9.17) is 4.52 Å². The molecule has 1 N–H and O–H groups in total. The molecule has 0 amide bonds. The Morgan fingerprint density at radius 3 is 2.75 bits per heavy atom. The van der Waals surface area contributed by atoms with Gasteiger partial charge in [0.05, 0.1) is 5.69 Å². The first-order valence-corrected chi connectivity index (χ1v) is 5.59. The number of halogens is 1. The van der Waals surface area contributed by atoms with Gasteiger partial charge < -0.3 is 9.84 Å². The van der Waals surface area contributed by atoms with Crippen LogP contribution >= 0.6 is 12.4 Å². The van der Waals surface area contributed by atoms with E-state index >= 15 is 0 Å². The van der Waals surface area contributed by atoms with Crippen LogP contribution in [0, 0.1) is 6.92 Å². The molecule has 0 unspecified atom stereocenters. The van der Waals surface area contributed by atoms with Crippen molar-refractivity contribution in [1.29, 1.82) is 0 Å². The molecule has 0 saturated carbocycles. The summed E-state index contributed by atoms with van der Waals surface area (Å²) in [4.78, 5) is 2.37. The second-order valence-corrected chi connectivity index (χ2v) is 4.33. The highest BCUT2D eigenvalue weighted by atomic mass is 35.5. The van der Waals surface area contributed by atoms with E-state index in [1.807, 2.05) is 13.0 Å². The van der Waals surface area contributed by atoms with Gasteiger partial charge in [0.25, 0.3) is 0 Å². The van der Waals surface area contributed by atoms with E-state index in [0.29, 0.717) is 6.04 Å². The van der Waals surface area contributed by atoms with Crippen LogP contribution in [0.15, 0.2) is 10.6 Å². The minimum Gasteiger partial charge on any atom is -0.361 e. The maximum Gasteiger partial charge on any atom is 0.133 e. The number of aromatic nitrogens is 1. The summed E-state index contributed by atoms with van der Waals surface area (Å²) >= 11 is 0. The van der Waals surface area contributed by atoms with Crippen LogP contribution in [0.5, 0.6) is 0 Å². The highest BCUT2D eigenvalue weighted by Crippen LogP contribution is 2.13. The fourth-order valence-corrected chi connectivity index (χ4v) is 2.12. The topological polar surface area (TPSA) is 41.3 Å². The molecule has 1 aromatic rings. The van der Waals surface area contributed by atoms with Crippen LogP contribution in [0.2, 0.25) is 0 Å². The lowest BCUT2D eigenvalue weighted by Crippen LogP contribution is -2.40. The van der Waals surface area contributed by atoms with Gasteiger partial charge in [-0.05, 0) is 39.9 Å². The van der Waals surface area contributed by atoms with Gasteiger partial charge in [-0.3, -0.25) is 4.90 Å². The number of aryl methyl sites for hydroxylation is 1. The van der Waals surface area contributed by atoms with E-state index < -0.39 is 0 Å². The van der Waals surface area contributed by atoms with Crippen LogP contribution in [-0.4, -0.2) is 36.2 Å². The molecule has 0 spiro atoms. The maximum atomic E-state index is 5.06. The molecule has 0 aromatic carbocycles. The zero-order valence-electron chi connectivity index (χ0n) is 9.90. The summed E-state index contributed by atoms with van der Waals surface area (Å²) in [7, 11) is 2.17. The first kappa shape index (κ1) is 13.5. The molecule has 0 bridgehead atoms. The third kappa shape index (κ3) is 3.47. The normalized spacial score (nSPS) is 17.4. The lowest BCUT2D eigenvalue weighted by atomic mass is 10.1. The molecular formula is C11H20ClN3O. The summed E-state index contributed by atoms with van der Waals surface area (Å²) in [6.07, 6.45) is 2.46. The molecule has 1 aromatic heterocycles. The first-order valence-electron chi connectivity index (χ1n) is 5.59. The fraction of sp³-hybridized carbons (Fsp3) is 0.727. The molecule has 0 atom stereocenters. The Morgan fingerprint density at radius 1 is 1.50 bits per heavy atom. The standard InChI is InChI=1S/C11H19N3O.ClH/c1-9-7-10(13-15-9)8-14(2)11-3-5-12-6-4-11;/h7,11-12H,3-6,8H2,1-2H3;1H. The van der Waals surface area contributed by atoms with Crippen molar-refractivity contribution in [3.63, 3.8) is 0 Å². The third-order valence-electron chi connectivity index (χ3n) is 3.02. The monoisotopic (exact) mass is 245 g/mol. The van der Waals surface area contributed by atoms with Gasteiger partial charge in [-0.1, -0.05) is 5.16 Å². The van der Waals surface area contributed by atoms with Crippen molar-refractivity contribution in [3.05, 3.63) is 17.5 Å². The Hall–Kier alpha value is -0.580. The summed E-state index contributed by atoms with van der Waals surface area (Å²) in [5.74, 6) is 0.892. The molecule has 5 heteroatoms. The number of nitrogens with one attached hydrogen (secondary N) is 1. The lowest BCUT2D eigenvalue weighted by molar-refractivity contribution is 0.187. The second kappa shape index (κ2) is 6.23. The van der Waals surface area contributed by atoms with Gasteiger partial charge in [-0.2, -0.15) is 0 Å². The Kier molecular flexibility index (Phi) is 5.25. The van der Waals surface area contributed by atoms with Gasteiger partial charge >= 0.3 is 0 Å². The molecule has 4 nitrogen and oxygen atoms in total. The Balaban J connectivity index is 0.00000128. The van der Waals surface area contributed by atoms with Crippen LogP contribution in [0.25, 0.3) is 0 Å². The summed E-state index contributed by atoms with van der Waals surface area (Å²) in [6.45, 7) is 5.09. The molecule has 1 aliphatic rings. The molecule has 2 rings (SSSR count). The van der Waals surface area contributed by atoms with Crippen molar-refractivity contribution in [1.82, 2.24) is 15.4 Å². The molecule has 16 heavy (non-hydrogen) atoms. The van der Waals surface area contributed by atoms with Crippen LogP contribution in [0.3, 0.4) is 0 Å². The zero-order valence-corrected chi connectivity index (χ0v) is 10.7. The number of rotatable bonds is 3. The molecule has 1 fully saturated rings. The van der Waals surface area contributed by atoms with Crippen molar-refractivity contribution < 1.29 is 4.52 Å². The second-order valence-electron chi connectivity index (χ2n) is 4.33. The zero-order chi connectivity index (χ0) is 10.7. The average Bonchev–Trinajstić information content (AvgIpc) is 2.65. The minimum atomic E-state index is 0. The van der Waals surface area contributed by atoms with Crippen molar-refractivity contribution in [2.75, 3.05) is 20.1 Å². The maximum absolute atomic E-state index is 5.06. The predicted molar refractivity (Wildman–Crippen MR) is 65.8 cm³/mol. The fourth-order valence-electron chi connectivity index (χ4n) is 2.12. The van der Waals surface area contributed by atoms with E-state index in [2.05, 4.69) is 22.4 Å². The number of piperidine rings is 1. The van der Waals surface area contributed by atoms with E-state index in [9.17, 15) is 0 Å². The summed E-state index contributed by atoms with van der Waals surface area (Å²) in [5, 5.41) is 7.40. The van der Waals surface area contributed by atoms with Gasteiger partial charge in [0.2, 0.25) is 0 Å². The van der Waals surface area contributed by atoms with Gasteiger partial charge in [0, 0.05) is 18.7 Å². The number of hydrogen-bond donors (Lipinski definition) is 1. The molecule has 0 radical (unpaired) electrons. The van der Waals surface area contributed by atoms with Crippen molar-refractivity contribution in [2.45, 2.75) is 32.4 Å². The van der Waals surface area contributed by atoms with Gasteiger partial charge in [0.1, 0.15) is 5.76 Å². The van der Waals surface area contributed by atoms with Gasteiger partial charge in [-0.15, -0.1) is 12.4 Å². The molecule has 92 valence electrons.